The van der Waals surface area contributed by atoms with E-state index in [2.05, 4.69) is 6.92 Å². The van der Waals surface area contributed by atoms with Gasteiger partial charge in [-0.25, -0.2) is 4.79 Å². The molecule has 168 valence electrons. The van der Waals surface area contributed by atoms with E-state index >= 15 is 0 Å². The number of hydrogen-bond acceptors (Lipinski definition) is 6. The molecular formula is C21H33N3O6. The number of rotatable bonds is 15. The molecule has 0 atom stereocenters. The lowest BCUT2D eigenvalue weighted by molar-refractivity contribution is -0.393. The lowest BCUT2D eigenvalue weighted by Crippen LogP contribution is -2.27. The topological polar surface area (TPSA) is 127 Å². The zero-order valence-electron chi connectivity index (χ0n) is 18.2. The molecule has 0 radical (unpaired) electrons. The Bertz CT molecular complexity index is 745. The van der Waals surface area contributed by atoms with E-state index in [0.717, 1.165) is 38.2 Å². The molecule has 0 heterocycles. The number of nitrogens with zero attached hydrogens (tertiary/aromatic N) is 3. The van der Waals surface area contributed by atoms with Crippen LogP contribution < -0.4 is 4.90 Å². The predicted octanol–water partition coefficient (Wildman–Crippen LogP) is 5.73. The summed E-state index contributed by atoms with van der Waals surface area (Å²) in [6.45, 7) is 6.72. The molecule has 9 nitrogen and oxygen atoms in total. The molecule has 0 saturated heterocycles. The van der Waals surface area contributed by atoms with E-state index < -0.39 is 27.2 Å². The number of carboxylic acids is 1. The number of anilines is 1. The molecule has 9 heteroatoms. The first-order valence-corrected chi connectivity index (χ1v) is 10.8. The summed E-state index contributed by atoms with van der Waals surface area (Å²) in [6, 6.07) is 0.995. The summed E-state index contributed by atoms with van der Waals surface area (Å²) in [4.78, 5) is 35.9. The zero-order valence-corrected chi connectivity index (χ0v) is 18.2. The molecule has 1 N–H and O–H groups in total. The van der Waals surface area contributed by atoms with Crippen molar-refractivity contribution >= 4 is 23.0 Å². The van der Waals surface area contributed by atoms with Gasteiger partial charge in [0.05, 0.1) is 15.4 Å². The van der Waals surface area contributed by atoms with E-state index in [9.17, 15) is 30.1 Å². The van der Waals surface area contributed by atoms with E-state index in [1.165, 1.54) is 0 Å². The van der Waals surface area contributed by atoms with Gasteiger partial charge in [-0.3, -0.25) is 20.2 Å². The van der Waals surface area contributed by atoms with Crippen molar-refractivity contribution in [1.29, 1.82) is 0 Å². The molecule has 0 aliphatic rings. The number of carboxylic acid groups (broad SMARTS) is 1. The molecule has 1 aromatic carbocycles. The third-order valence-electron chi connectivity index (χ3n) is 5.05. The Morgan fingerprint density at radius 1 is 0.933 bits per heavy atom. The van der Waals surface area contributed by atoms with Gasteiger partial charge in [-0.05, 0) is 25.7 Å². The quantitative estimate of drug-likeness (QED) is 0.217. The van der Waals surface area contributed by atoms with Gasteiger partial charge in [0.1, 0.15) is 0 Å². The Kier molecular flexibility index (Phi) is 10.8. The third kappa shape index (κ3) is 6.67. The standard InChI is InChI=1S/C21H33N3O6/c1-4-7-8-9-10-11-12-16-17(21(25)26)15-18(23(27)28)20(19(16)24(29)30)22(13-5-2)14-6-3/h15H,4-14H2,1-3H3,(H,25,26). The van der Waals surface area contributed by atoms with Crippen LogP contribution in [0.1, 0.15) is 88.1 Å². The molecule has 0 unspecified atom stereocenters. The Morgan fingerprint density at radius 2 is 1.50 bits per heavy atom. The molecule has 0 amide bonds. The van der Waals surface area contributed by atoms with Gasteiger partial charge in [0.15, 0.2) is 5.69 Å². The summed E-state index contributed by atoms with van der Waals surface area (Å²) in [7, 11) is 0. The van der Waals surface area contributed by atoms with Crippen LogP contribution in [0.5, 0.6) is 0 Å². The molecule has 0 saturated carbocycles. The number of nitro groups is 2. The first-order chi connectivity index (χ1) is 14.3. The van der Waals surface area contributed by atoms with E-state index in [0.29, 0.717) is 32.4 Å². The van der Waals surface area contributed by atoms with Gasteiger partial charge in [-0.1, -0.05) is 52.9 Å². The molecule has 0 aliphatic heterocycles. The molecule has 0 aliphatic carbocycles. The van der Waals surface area contributed by atoms with Crippen LogP contribution in [0.2, 0.25) is 0 Å². The molecule has 0 spiro atoms. The Balaban J connectivity index is 3.55. The number of hydrogen-bond donors (Lipinski definition) is 1. The van der Waals surface area contributed by atoms with E-state index in [1.54, 1.807) is 4.90 Å². The third-order valence-corrected chi connectivity index (χ3v) is 5.05. The van der Waals surface area contributed by atoms with Gasteiger partial charge in [-0.15, -0.1) is 0 Å². The van der Waals surface area contributed by atoms with Crippen molar-refractivity contribution in [3.63, 3.8) is 0 Å². The molecule has 0 aromatic heterocycles. The second-order valence-corrected chi connectivity index (χ2v) is 7.44. The monoisotopic (exact) mass is 423 g/mol. The second-order valence-electron chi connectivity index (χ2n) is 7.44. The minimum atomic E-state index is -1.38. The van der Waals surface area contributed by atoms with Gasteiger partial charge in [0, 0.05) is 24.7 Å². The first-order valence-electron chi connectivity index (χ1n) is 10.8. The van der Waals surface area contributed by atoms with Crippen molar-refractivity contribution in [1.82, 2.24) is 0 Å². The van der Waals surface area contributed by atoms with Gasteiger partial charge in [0.25, 0.3) is 0 Å². The van der Waals surface area contributed by atoms with Crippen LogP contribution in [0.4, 0.5) is 17.1 Å². The molecule has 0 bridgehead atoms. The number of aromatic carboxylic acids is 1. The van der Waals surface area contributed by atoms with E-state index in [-0.39, 0.29) is 23.2 Å². The minimum absolute atomic E-state index is 0.0697. The summed E-state index contributed by atoms with van der Waals surface area (Å²) in [5.41, 5.74) is -1.29. The molecular weight excluding hydrogens is 390 g/mol. The summed E-state index contributed by atoms with van der Waals surface area (Å²) in [5, 5.41) is 33.4. The molecule has 30 heavy (non-hydrogen) atoms. The number of unbranched alkanes of at least 4 members (excludes halogenated alkanes) is 5. The lowest BCUT2D eigenvalue weighted by atomic mass is 9.95. The highest BCUT2D eigenvalue weighted by molar-refractivity contribution is 5.95. The fraction of sp³-hybridized carbons (Fsp3) is 0.667. The second kappa shape index (κ2) is 12.8. The summed E-state index contributed by atoms with van der Waals surface area (Å²) in [5.74, 6) is -1.38. The minimum Gasteiger partial charge on any atom is -0.478 e. The molecule has 1 rings (SSSR count). The average molecular weight is 424 g/mol. The highest BCUT2D eigenvalue weighted by atomic mass is 16.6. The van der Waals surface area contributed by atoms with E-state index in [4.69, 9.17) is 0 Å². The maximum Gasteiger partial charge on any atom is 0.336 e. The van der Waals surface area contributed by atoms with Crippen molar-refractivity contribution < 1.29 is 19.7 Å². The van der Waals surface area contributed by atoms with Crippen molar-refractivity contribution in [3.05, 3.63) is 37.4 Å². The zero-order chi connectivity index (χ0) is 22.7. The lowest BCUT2D eigenvalue weighted by Gasteiger charge is -2.24. The highest BCUT2D eigenvalue weighted by Gasteiger charge is 2.36. The van der Waals surface area contributed by atoms with Crippen molar-refractivity contribution in [2.45, 2.75) is 78.6 Å². The van der Waals surface area contributed by atoms with Crippen LogP contribution in [0, 0.1) is 20.2 Å². The van der Waals surface area contributed by atoms with Crippen LogP contribution in [0.15, 0.2) is 6.07 Å². The van der Waals surface area contributed by atoms with Gasteiger partial charge < -0.3 is 10.0 Å². The van der Waals surface area contributed by atoms with Crippen molar-refractivity contribution in [3.8, 4) is 0 Å². The Hall–Kier alpha value is -2.71. The van der Waals surface area contributed by atoms with Gasteiger partial charge >= 0.3 is 17.3 Å². The first kappa shape index (κ1) is 25.3. The van der Waals surface area contributed by atoms with Crippen LogP contribution in [-0.4, -0.2) is 34.0 Å². The summed E-state index contributed by atoms with van der Waals surface area (Å²) < 4.78 is 0. The number of carbonyl (C=O) groups is 1. The maximum absolute atomic E-state index is 12.0. The normalized spacial score (nSPS) is 10.8. The summed E-state index contributed by atoms with van der Waals surface area (Å²) >= 11 is 0. The molecule has 1 aromatic rings. The fourth-order valence-electron chi connectivity index (χ4n) is 3.73. The van der Waals surface area contributed by atoms with Crippen molar-refractivity contribution in [2.75, 3.05) is 18.0 Å². The SMILES string of the molecule is CCCCCCCCc1c(C(=O)O)cc([N+](=O)[O-])c(N(CCC)CCC)c1[N+](=O)[O-]. The summed E-state index contributed by atoms with van der Waals surface area (Å²) in [6.07, 6.45) is 7.21. The van der Waals surface area contributed by atoms with E-state index in [1.807, 2.05) is 13.8 Å². The highest BCUT2D eigenvalue weighted by Crippen LogP contribution is 2.43. The Morgan fingerprint density at radius 3 is 1.97 bits per heavy atom. The van der Waals surface area contributed by atoms with Crippen LogP contribution in [0.3, 0.4) is 0 Å². The number of benzene rings is 1. The Labute approximate surface area is 177 Å². The smallest absolute Gasteiger partial charge is 0.336 e. The van der Waals surface area contributed by atoms with Crippen molar-refractivity contribution in [2.24, 2.45) is 0 Å². The van der Waals surface area contributed by atoms with Gasteiger partial charge in [0.2, 0.25) is 0 Å². The maximum atomic E-state index is 12.0. The van der Waals surface area contributed by atoms with Crippen LogP contribution in [0.25, 0.3) is 0 Å². The predicted molar refractivity (Wildman–Crippen MR) is 117 cm³/mol. The fourth-order valence-corrected chi connectivity index (χ4v) is 3.73. The number of nitro benzene ring substituents is 2. The largest absolute Gasteiger partial charge is 0.478 e. The molecule has 0 fully saturated rings. The van der Waals surface area contributed by atoms with Crippen LogP contribution in [-0.2, 0) is 6.42 Å². The van der Waals surface area contributed by atoms with Crippen LogP contribution >= 0.6 is 0 Å². The average Bonchev–Trinajstić information content (AvgIpc) is 2.68. The van der Waals surface area contributed by atoms with Gasteiger partial charge in [-0.2, -0.15) is 0 Å².